The number of carboxylic acids is 1. The number of aromatic carboxylic acids is 1. The van der Waals surface area contributed by atoms with Gasteiger partial charge in [0.15, 0.2) is 5.69 Å². The van der Waals surface area contributed by atoms with Crippen LogP contribution in [0.4, 0.5) is 0 Å². The molecule has 0 aliphatic rings. The predicted molar refractivity (Wildman–Crippen MR) is 71.3 cm³/mol. The fourth-order valence-electron chi connectivity index (χ4n) is 1.91. The van der Waals surface area contributed by atoms with Crippen LogP contribution in [-0.2, 0) is 7.05 Å². The molecule has 0 fully saturated rings. The number of aromatic nitrogens is 4. The van der Waals surface area contributed by atoms with Crippen molar-refractivity contribution >= 4 is 27.5 Å². The zero-order valence-electron chi connectivity index (χ0n) is 10.3. The first-order chi connectivity index (χ1) is 9.06. The third-order valence-electron chi connectivity index (χ3n) is 2.83. The molecule has 1 N–H and O–H groups in total. The van der Waals surface area contributed by atoms with Crippen LogP contribution in [0.15, 0.2) is 18.2 Å². The number of nitrogens with zero attached hydrogens (tertiary/aromatic N) is 4. The molecule has 6 nitrogen and oxygen atoms in total. The Balaban J connectivity index is 2.08. The van der Waals surface area contributed by atoms with Gasteiger partial charge in [-0.25, -0.2) is 4.79 Å². The van der Waals surface area contributed by atoms with Gasteiger partial charge in [-0.2, -0.15) is 5.10 Å². The molecule has 0 aromatic carbocycles. The van der Waals surface area contributed by atoms with Crippen LogP contribution in [0.1, 0.15) is 16.2 Å². The maximum atomic E-state index is 10.7. The zero-order valence-corrected chi connectivity index (χ0v) is 11.1. The molecule has 3 aromatic heterocycles. The van der Waals surface area contributed by atoms with E-state index in [2.05, 4.69) is 15.3 Å². The number of carbonyl (C=O) groups is 1. The smallest absolute Gasteiger partial charge is 0.356 e. The molecule has 0 atom stereocenters. The van der Waals surface area contributed by atoms with Gasteiger partial charge in [0.2, 0.25) is 0 Å². The van der Waals surface area contributed by atoms with Crippen molar-refractivity contribution in [2.24, 2.45) is 7.05 Å². The van der Waals surface area contributed by atoms with E-state index in [4.69, 9.17) is 5.11 Å². The number of thiophene rings is 1. The topological polar surface area (TPSA) is 80.9 Å². The Morgan fingerprint density at radius 1 is 1.37 bits per heavy atom. The summed E-state index contributed by atoms with van der Waals surface area (Å²) in [6.45, 7) is 1.96. The second kappa shape index (κ2) is 4.13. The van der Waals surface area contributed by atoms with Crippen LogP contribution < -0.4 is 0 Å². The number of hydrogen-bond donors (Lipinski definition) is 1. The third kappa shape index (κ3) is 1.88. The van der Waals surface area contributed by atoms with Gasteiger partial charge in [0.25, 0.3) is 0 Å². The fourth-order valence-corrected chi connectivity index (χ4v) is 3.00. The van der Waals surface area contributed by atoms with Gasteiger partial charge >= 0.3 is 5.97 Å². The van der Waals surface area contributed by atoms with Gasteiger partial charge < -0.3 is 5.11 Å². The molecule has 0 saturated carbocycles. The summed E-state index contributed by atoms with van der Waals surface area (Å²) >= 11 is 1.56. The van der Waals surface area contributed by atoms with Crippen LogP contribution in [0.2, 0.25) is 0 Å². The highest BCUT2D eigenvalue weighted by molar-refractivity contribution is 7.21. The fraction of sp³-hybridized carbons (Fsp3) is 0.167. The van der Waals surface area contributed by atoms with Crippen molar-refractivity contribution in [3.05, 3.63) is 29.6 Å². The molecule has 0 spiro atoms. The molecule has 7 heteroatoms. The van der Waals surface area contributed by atoms with Crippen molar-refractivity contribution in [3.8, 4) is 10.6 Å². The van der Waals surface area contributed by atoms with Crippen molar-refractivity contribution in [2.75, 3.05) is 0 Å². The molecule has 0 radical (unpaired) electrons. The summed E-state index contributed by atoms with van der Waals surface area (Å²) in [5, 5.41) is 21.9. The Morgan fingerprint density at radius 3 is 2.74 bits per heavy atom. The molecule has 3 rings (SSSR count). The van der Waals surface area contributed by atoms with Crippen LogP contribution in [0.3, 0.4) is 0 Å². The molecule has 0 amide bonds. The van der Waals surface area contributed by atoms with E-state index in [0.29, 0.717) is 5.69 Å². The standard InChI is InChI=1S/C12H10N4O2S/c1-6-7-5-10(19-11(7)16(2)15-6)8-3-4-9(12(17)18)14-13-8/h3-5H,1-2H3,(H,17,18). The summed E-state index contributed by atoms with van der Waals surface area (Å²) in [5.41, 5.74) is 1.59. The minimum atomic E-state index is -1.07. The average molecular weight is 274 g/mol. The van der Waals surface area contributed by atoms with Gasteiger partial charge in [-0.3, -0.25) is 4.68 Å². The second-order valence-corrected chi connectivity index (χ2v) is 5.18. The van der Waals surface area contributed by atoms with Crippen molar-refractivity contribution in [1.29, 1.82) is 0 Å². The maximum absolute atomic E-state index is 10.7. The zero-order chi connectivity index (χ0) is 13.6. The van der Waals surface area contributed by atoms with E-state index in [0.717, 1.165) is 20.8 Å². The van der Waals surface area contributed by atoms with Gasteiger partial charge in [0, 0.05) is 12.4 Å². The second-order valence-electron chi connectivity index (χ2n) is 4.15. The number of aryl methyl sites for hydroxylation is 2. The van der Waals surface area contributed by atoms with E-state index in [1.54, 1.807) is 17.4 Å². The van der Waals surface area contributed by atoms with Crippen LogP contribution in [-0.4, -0.2) is 31.1 Å². The van der Waals surface area contributed by atoms with Crippen LogP contribution in [0.25, 0.3) is 20.8 Å². The molecule has 0 unspecified atom stereocenters. The first kappa shape index (κ1) is 11.8. The first-order valence-corrected chi connectivity index (χ1v) is 6.38. The molecule has 0 saturated heterocycles. The van der Waals surface area contributed by atoms with Gasteiger partial charge in [-0.15, -0.1) is 21.5 Å². The minimum absolute atomic E-state index is 0.0530. The summed E-state index contributed by atoms with van der Waals surface area (Å²) < 4.78 is 1.83. The quantitative estimate of drug-likeness (QED) is 0.774. The van der Waals surface area contributed by atoms with Crippen LogP contribution in [0, 0.1) is 6.92 Å². The normalized spacial score (nSPS) is 11.1. The number of hydrogen-bond acceptors (Lipinski definition) is 5. The highest BCUT2D eigenvalue weighted by atomic mass is 32.1. The lowest BCUT2D eigenvalue weighted by Gasteiger charge is -1.96. The Kier molecular flexibility index (Phi) is 2.56. The Hall–Kier alpha value is -2.28. The third-order valence-corrected chi connectivity index (χ3v) is 4.06. The molecular formula is C12H10N4O2S. The van der Waals surface area contributed by atoms with Gasteiger partial charge in [0.05, 0.1) is 10.6 Å². The summed E-state index contributed by atoms with van der Waals surface area (Å²) in [4.78, 5) is 12.7. The number of carboxylic acid groups (broad SMARTS) is 1. The van der Waals surface area contributed by atoms with Gasteiger partial charge in [-0.05, 0) is 25.1 Å². The largest absolute Gasteiger partial charge is 0.476 e. The predicted octanol–water partition coefficient (Wildman–Crippen LogP) is 2.10. The summed E-state index contributed by atoms with van der Waals surface area (Å²) in [6.07, 6.45) is 0. The summed E-state index contributed by atoms with van der Waals surface area (Å²) in [5.74, 6) is -1.07. The lowest BCUT2D eigenvalue weighted by atomic mass is 10.2. The lowest BCUT2D eigenvalue weighted by molar-refractivity contribution is 0.0689. The van der Waals surface area contributed by atoms with E-state index in [1.807, 2.05) is 24.7 Å². The molecule has 19 heavy (non-hydrogen) atoms. The summed E-state index contributed by atoms with van der Waals surface area (Å²) in [7, 11) is 1.90. The highest BCUT2D eigenvalue weighted by Gasteiger charge is 2.13. The first-order valence-electron chi connectivity index (χ1n) is 5.57. The number of fused-ring (bicyclic) bond motifs is 1. The minimum Gasteiger partial charge on any atom is -0.476 e. The van der Waals surface area contributed by atoms with Crippen LogP contribution in [0.5, 0.6) is 0 Å². The van der Waals surface area contributed by atoms with E-state index in [9.17, 15) is 4.79 Å². The van der Waals surface area contributed by atoms with Crippen molar-refractivity contribution in [1.82, 2.24) is 20.0 Å². The van der Waals surface area contributed by atoms with Gasteiger partial charge in [-0.1, -0.05) is 0 Å². The Labute approximate surface area is 112 Å². The Morgan fingerprint density at radius 2 is 2.16 bits per heavy atom. The van der Waals surface area contributed by atoms with Crippen molar-refractivity contribution in [3.63, 3.8) is 0 Å². The number of rotatable bonds is 2. The summed E-state index contributed by atoms with van der Waals surface area (Å²) in [6, 6.07) is 5.14. The van der Waals surface area contributed by atoms with Crippen molar-refractivity contribution in [2.45, 2.75) is 6.92 Å². The molecular weight excluding hydrogens is 264 g/mol. The van der Waals surface area contributed by atoms with Crippen molar-refractivity contribution < 1.29 is 9.90 Å². The Bertz CT molecular complexity index is 738. The SMILES string of the molecule is Cc1nn(C)c2sc(-c3ccc(C(=O)O)nn3)cc12. The molecule has 0 bridgehead atoms. The van der Waals surface area contributed by atoms with E-state index >= 15 is 0 Å². The van der Waals surface area contributed by atoms with E-state index < -0.39 is 5.97 Å². The molecule has 96 valence electrons. The van der Waals surface area contributed by atoms with Crippen LogP contribution >= 0.6 is 11.3 Å². The molecule has 3 aromatic rings. The molecule has 0 aliphatic heterocycles. The highest BCUT2D eigenvalue weighted by Crippen LogP contribution is 2.33. The van der Waals surface area contributed by atoms with E-state index in [1.165, 1.54) is 6.07 Å². The van der Waals surface area contributed by atoms with Gasteiger partial charge in [0.1, 0.15) is 10.5 Å². The molecule has 3 heterocycles. The van der Waals surface area contributed by atoms with E-state index in [-0.39, 0.29) is 5.69 Å². The lowest BCUT2D eigenvalue weighted by Crippen LogP contribution is -2.01. The monoisotopic (exact) mass is 274 g/mol. The average Bonchev–Trinajstić information content (AvgIpc) is 2.93. The molecule has 0 aliphatic carbocycles. The maximum Gasteiger partial charge on any atom is 0.356 e.